The molecule has 1 heterocycles. The van der Waals surface area contributed by atoms with E-state index in [0.717, 1.165) is 37.0 Å². The zero-order valence-corrected chi connectivity index (χ0v) is 14.6. The highest BCUT2D eigenvalue weighted by molar-refractivity contribution is 7.80. The van der Waals surface area contributed by atoms with Gasteiger partial charge in [-0.25, -0.2) is 0 Å². The third kappa shape index (κ3) is 3.64. The largest absolute Gasteiger partial charge is 0.368 e. The number of nitrogens with zero attached hydrogens (tertiary/aromatic N) is 2. The Hall–Kier alpha value is -2.07. The molecule has 2 aromatic rings. The smallest absolute Gasteiger partial charge is 0.173 e. The maximum atomic E-state index is 5.61. The molecule has 0 bridgehead atoms. The van der Waals surface area contributed by atoms with Gasteiger partial charge < -0.3 is 15.1 Å². The number of para-hydroxylation sites is 1. The highest BCUT2D eigenvalue weighted by Gasteiger charge is 2.19. The molecule has 1 aliphatic heterocycles. The van der Waals surface area contributed by atoms with Crippen LogP contribution in [-0.2, 0) is 0 Å². The molecule has 3 rings (SSSR count). The highest BCUT2D eigenvalue weighted by atomic mass is 32.1. The summed E-state index contributed by atoms with van der Waals surface area (Å²) < 4.78 is 0. The van der Waals surface area contributed by atoms with Crippen LogP contribution >= 0.6 is 12.2 Å². The van der Waals surface area contributed by atoms with Crippen LogP contribution in [0.4, 0.5) is 11.4 Å². The molecule has 0 spiro atoms. The Morgan fingerprint density at radius 3 is 2.30 bits per heavy atom. The van der Waals surface area contributed by atoms with E-state index in [9.17, 15) is 0 Å². The van der Waals surface area contributed by atoms with Gasteiger partial charge >= 0.3 is 0 Å². The zero-order valence-electron chi connectivity index (χ0n) is 13.7. The lowest BCUT2D eigenvalue weighted by atomic mass is 10.1. The molecular weight excluding hydrogens is 302 g/mol. The van der Waals surface area contributed by atoms with Gasteiger partial charge in [-0.3, -0.25) is 0 Å². The number of nitrogens with one attached hydrogen (secondary N) is 1. The molecule has 1 N–H and O–H groups in total. The molecule has 23 heavy (non-hydrogen) atoms. The van der Waals surface area contributed by atoms with Crippen molar-refractivity contribution in [2.24, 2.45) is 0 Å². The van der Waals surface area contributed by atoms with E-state index in [-0.39, 0.29) is 0 Å². The van der Waals surface area contributed by atoms with Gasteiger partial charge in [-0.15, -0.1) is 0 Å². The molecule has 0 unspecified atom stereocenters. The van der Waals surface area contributed by atoms with Gasteiger partial charge in [0.25, 0.3) is 0 Å². The van der Waals surface area contributed by atoms with Crippen molar-refractivity contribution in [3.63, 3.8) is 0 Å². The lowest BCUT2D eigenvalue weighted by Crippen LogP contribution is -2.50. The fourth-order valence-electron chi connectivity index (χ4n) is 2.89. The van der Waals surface area contributed by atoms with Gasteiger partial charge in [-0.05, 0) is 55.4 Å². The summed E-state index contributed by atoms with van der Waals surface area (Å²) in [6, 6.07) is 16.9. The predicted molar refractivity (Wildman–Crippen MR) is 102 cm³/mol. The van der Waals surface area contributed by atoms with Gasteiger partial charge in [0.05, 0.1) is 0 Å². The van der Waals surface area contributed by atoms with Crippen LogP contribution in [0.2, 0.25) is 0 Å². The first-order chi connectivity index (χ1) is 11.1. The Balaban J connectivity index is 1.59. The van der Waals surface area contributed by atoms with Gasteiger partial charge in [0.15, 0.2) is 5.11 Å². The average molecular weight is 325 g/mol. The van der Waals surface area contributed by atoms with Crippen molar-refractivity contribution in [2.75, 3.05) is 36.4 Å². The fraction of sp³-hybridized carbons (Fsp3) is 0.316. The highest BCUT2D eigenvalue weighted by Crippen LogP contribution is 2.20. The minimum Gasteiger partial charge on any atom is -0.368 e. The third-order valence-electron chi connectivity index (χ3n) is 4.53. The molecule has 0 radical (unpaired) electrons. The lowest BCUT2D eigenvalue weighted by molar-refractivity contribution is 0.391. The summed E-state index contributed by atoms with van der Waals surface area (Å²) in [5.74, 6) is 0. The fourth-order valence-corrected chi connectivity index (χ4v) is 3.18. The van der Waals surface area contributed by atoms with Crippen molar-refractivity contribution in [3.05, 3.63) is 59.7 Å². The van der Waals surface area contributed by atoms with Crippen molar-refractivity contribution < 1.29 is 0 Å². The molecule has 120 valence electrons. The Kier molecular flexibility index (Phi) is 4.82. The van der Waals surface area contributed by atoms with Crippen LogP contribution in [0, 0.1) is 13.8 Å². The van der Waals surface area contributed by atoms with Crippen LogP contribution < -0.4 is 10.2 Å². The van der Waals surface area contributed by atoms with Gasteiger partial charge in [0.2, 0.25) is 0 Å². The van der Waals surface area contributed by atoms with E-state index in [1.165, 1.54) is 16.8 Å². The molecule has 4 heteroatoms. The second kappa shape index (κ2) is 7.01. The van der Waals surface area contributed by atoms with E-state index in [4.69, 9.17) is 12.2 Å². The van der Waals surface area contributed by atoms with Crippen LogP contribution in [0.3, 0.4) is 0 Å². The summed E-state index contributed by atoms with van der Waals surface area (Å²) in [6.07, 6.45) is 0. The molecular formula is C19H23N3S. The maximum Gasteiger partial charge on any atom is 0.173 e. The number of thiocarbonyl (C=S) groups is 1. The number of benzene rings is 2. The number of anilines is 2. The summed E-state index contributed by atoms with van der Waals surface area (Å²) in [5.41, 5.74) is 4.95. The summed E-state index contributed by atoms with van der Waals surface area (Å²) in [5, 5.41) is 4.24. The number of aryl methyl sites for hydroxylation is 1. The van der Waals surface area contributed by atoms with Gasteiger partial charge in [-0.2, -0.15) is 0 Å². The molecule has 2 aromatic carbocycles. The standard InChI is InChI=1S/C19H23N3S/c1-15-7-6-10-18(16(15)2)20-19(23)22-13-11-21(12-14-22)17-8-4-3-5-9-17/h3-10H,11-14H2,1-2H3,(H,20,23). The molecule has 0 atom stereocenters. The van der Waals surface area contributed by atoms with Crippen molar-refractivity contribution in [1.82, 2.24) is 4.90 Å². The monoisotopic (exact) mass is 325 g/mol. The van der Waals surface area contributed by atoms with Crippen molar-refractivity contribution in [3.8, 4) is 0 Å². The van der Waals surface area contributed by atoms with Crippen molar-refractivity contribution >= 4 is 28.7 Å². The van der Waals surface area contributed by atoms with E-state index in [2.05, 4.69) is 77.5 Å². The van der Waals surface area contributed by atoms with Crippen molar-refractivity contribution in [1.29, 1.82) is 0 Å². The van der Waals surface area contributed by atoms with Crippen LogP contribution in [0.15, 0.2) is 48.5 Å². The first kappa shape index (κ1) is 15.8. The van der Waals surface area contributed by atoms with Crippen LogP contribution in [0.25, 0.3) is 0 Å². The Labute approximate surface area is 143 Å². The van der Waals surface area contributed by atoms with Crippen LogP contribution in [0.5, 0.6) is 0 Å². The zero-order chi connectivity index (χ0) is 16.2. The molecule has 0 saturated carbocycles. The quantitative estimate of drug-likeness (QED) is 0.846. The number of piperazine rings is 1. The van der Waals surface area contributed by atoms with E-state index in [0.29, 0.717) is 0 Å². The van der Waals surface area contributed by atoms with E-state index in [1.807, 2.05) is 0 Å². The van der Waals surface area contributed by atoms with Gasteiger partial charge in [0, 0.05) is 37.6 Å². The number of hydrogen-bond donors (Lipinski definition) is 1. The number of rotatable bonds is 2. The topological polar surface area (TPSA) is 18.5 Å². The SMILES string of the molecule is Cc1cccc(NC(=S)N2CCN(c3ccccc3)CC2)c1C. The van der Waals surface area contributed by atoms with E-state index >= 15 is 0 Å². The lowest BCUT2D eigenvalue weighted by Gasteiger charge is -2.37. The average Bonchev–Trinajstić information content (AvgIpc) is 2.60. The molecule has 1 fully saturated rings. The third-order valence-corrected chi connectivity index (χ3v) is 4.89. The molecule has 1 saturated heterocycles. The second-order valence-electron chi connectivity index (χ2n) is 5.99. The van der Waals surface area contributed by atoms with E-state index in [1.54, 1.807) is 0 Å². The molecule has 1 aliphatic rings. The Morgan fingerprint density at radius 1 is 0.913 bits per heavy atom. The Morgan fingerprint density at radius 2 is 1.61 bits per heavy atom. The van der Waals surface area contributed by atoms with E-state index < -0.39 is 0 Å². The minimum atomic E-state index is 0.825. The summed E-state index contributed by atoms with van der Waals surface area (Å²) in [6.45, 7) is 8.16. The van der Waals surface area contributed by atoms with Crippen molar-refractivity contribution in [2.45, 2.75) is 13.8 Å². The molecule has 3 nitrogen and oxygen atoms in total. The normalized spacial score (nSPS) is 14.7. The van der Waals surface area contributed by atoms with Gasteiger partial charge in [-0.1, -0.05) is 30.3 Å². The molecule has 0 aliphatic carbocycles. The van der Waals surface area contributed by atoms with Gasteiger partial charge in [0.1, 0.15) is 0 Å². The number of hydrogen-bond acceptors (Lipinski definition) is 2. The first-order valence-corrected chi connectivity index (χ1v) is 8.48. The molecule has 0 amide bonds. The van der Waals surface area contributed by atoms with Crippen LogP contribution in [0.1, 0.15) is 11.1 Å². The summed E-state index contributed by atoms with van der Waals surface area (Å²) in [7, 11) is 0. The Bertz CT molecular complexity index is 676. The van der Waals surface area contributed by atoms with Crippen LogP contribution in [-0.4, -0.2) is 36.2 Å². The predicted octanol–water partition coefficient (Wildman–Crippen LogP) is 3.82. The summed E-state index contributed by atoms with van der Waals surface area (Å²) in [4.78, 5) is 4.67. The maximum absolute atomic E-state index is 5.61. The minimum absolute atomic E-state index is 0.825. The first-order valence-electron chi connectivity index (χ1n) is 8.07. The second-order valence-corrected chi connectivity index (χ2v) is 6.37. The molecule has 0 aromatic heterocycles. The summed E-state index contributed by atoms with van der Waals surface area (Å²) >= 11 is 5.61.